The van der Waals surface area contributed by atoms with Gasteiger partial charge in [0.15, 0.2) is 0 Å². The maximum Gasteiger partial charge on any atom is 0.243 e. The van der Waals surface area contributed by atoms with Gasteiger partial charge in [-0.25, -0.2) is 13.4 Å². The molecule has 1 saturated heterocycles. The summed E-state index contributed by atoms with van der Waals surface area (Å²) in [4.78, 5) is 20.8. The normalized spacial score (nSPS) is 21.5. The van der Waals surface area contributed by atoms with E-state index in [-0.39, 0.29) is 11.9 Å². The Hall–Kier alpha value is -2.23. The first-order valence-electron chi connectivity index (χ1n) is 10.5. The number of rotatable bonds is 5. The van der Waals surface area contributed by atoms with Crippen LogP contribution in [0.1, 0.15) is 38.1 Å². The first kappa shape index (κ1) is 21.0. The molecular weight excluding hydrogens is 402 g/mol. The topological polar surface area (TPSA) is 107 Å². The van der Waals surface area contributed by atoms with Crippen LogP contribution in [0.15, 0.2) is 41.6 Å². The fourth-order valence-electron chi connectivity index (χ4n) is 4.36. The predicted octanol–water partition coefficient (Wildman–Crippen LogP) is 1.38. The second-order valence-corrected chi connectivity index (χ2v) is 10.5. The van der Waals surface area contributed by atoms with Gasteiger partial charge in [0.25, 0.3) is 0 Å². The Morgan fingerprint density at radius 3 is 2.63 bits per heavy atom. The number of sulfonamides is 1. The van der Waals surface area contributed by atoms with Crippen molar-refractivity contribution in [3.63, 3.8) is 0 Å². The molecule has 8 nitrogen and oxygen atoms in total. The third-order valence-electron chi connectivity index (χ3n) is 5.99. The fraction of sp³-hybridized carbons (Fsp3) is 0.524. The molecule has 0 unspecified atom stereocenters. The lowest BCUT2D eigenvalue weighted by molar-refractivity contribution is -0.124. The summed E-state index contributed by atoms with van der Waals surface area (Å²) in [6, 6.07) is 8.15. The third kappa shape index (κ3) is 3.89. The maximum absolute atomic E-state index is 13.0. The van der Waals surface area contributed by atoms with Gasteiger partial charge in [0, 0.05) is 31.7 Å². The first-order valence-corrected chi connectivity index (χ1v) is 11.9. The molecule has 3 N–H and O–H groups in total. The van der Waals surface area contributed by atoms with E-state index in [4.69, 9.17) is 0 Å². The number of amides is 1. The molecule has 2 aliphatic rings. The van der Waals surface area contributed by atoms with Gasteiger partial charge in [-0.1, -0.05) is 32.0 Å². The Bertz CT molecular complexity index is 995. The number of piperidine rings is 1. The Kier molecular flexibility index (Phi) is 5.69. The smallest absolute Gasteiger partial charge is 0.243 e. The fourth-order valence-corrected chi connectivity index (χ4v) is 5.83. The Morgan fingerprint density at radius 1 is 1.27 bits per heavy atom. The van der Waals surface area contributed by atoms with E-state index < -0.39 is 15.6 Å². The average Bonchev–Trinajstić information content (AvgIpc) is 3.23. The van der Waals surface area contributed by atoms with Crippen molar-refractivity contribution in [2.24, 2.45) is 5.92 Å². The summed E-state index contributed by atoms with van der Waals surface area (Å²) in [6.45, 7) is 5.49. The summed E-state index contributed by atoms with van der Waals surface area (Å²) in [7, 11) is -3.53. The number of aromatic nitrogens is 2. The quantitative estimate of drug-likeness (QED) is 0.663. The number of H-pyrrole nitrogens is 1. The van der Waals surface area contributed by atoms with Crippen LogP contribution in [0.4, 0.5) is 0 Å². The monoisotopic (exact) mass is 431 g/mol. The highest BCUT2D eigenvalue weighted by Gasteiger charge is 2.47. The molecule has 9 heteroatoms. The number of carbonyl (C=O) groups is 1. The molecular formula is C21H29N5O3S. The minimum Gasteiger partial charge on any atom is -0.354 e. The molecule has 0 radical (unpaired) electrons. The lowest BCUT2D eigenvalue weighted by atomic mass is 9.79. The van der Waals surface area contributed by atoms with Crippen molar-refractivity contribution in [3.05, 3.63) is 48.0 Å². The number of aromatic amines is 1. The van der Waals surface area contributed by atoms with Crippen molar-refractivity contribution >= 4 is 15.9 Å². The molecule has 2 aliphatic heterocycles. The van der Waals surface area contributed by atoms with Gasteiger partial charge in [0.1, 0.15) is 0 Å². The zero-order valence-electron chi connectivity index (χ0n) is 17.4. The van der Waals surface area contributed by atoms with E-state index >= 15 is 0 Å². The number of fused-ring (bicyclic) bond motifs is 2. The lowest BCUT2D eigenvalue weighted by Gasteiger charge is -2.45. The van der Waals surface area contributed by atoms with E-state index in [2.05, 4.69) is 34.4 Å². The van der Waals surface area contributed by atoms with Gasteiger partial charge in [-0.05, 0) is 30.9 Å². The summed E-state index contributed by atoms with van der Waals surface area (Å²) in [5, 5.41) is 6.54. The van der Waals surface area contributed by atoms with Crippen LogP contribution < -0.4 is 10.6 Å². The molecule has 0 aliphatic carbocycles. The highest BCUT2D eigenvalue weighted by Crippen LogP contribution is 2.38. The zero-order chi connectivity index (χ0) is 21.4. The molecule has 3 heterocycles. The van der Waals surface area contributed by atoms with Gasteiger partial charge in [-0.15, -0.1) is 0 Å². The van der Waals surface area contributed by atoms with Crippen molar-refractivity contribution in [2.75, 3.05) is 19.6 Å². The van der Waals surface area contributed by atoms with Crippen molar-refractivity contribution in [1.82, 2.24) is 24.9 Å². The number of benzene rings is 1. The van der Waals surface area contributed by atoms with Crippen LogP contribution in [-0.2, 0) is 26.8 Å². The molecule has 0 bridgehead atoms. The van der Waals surface area contributed by atoms with Gasteiger partial charge in [0.05, 0.1) is 28.5 Å². The summed E-state index contributed by atoms with van der Waals surface area (Å²) >= 11 is 0. The molecule has 2 aromatic rings. The molecule has 1 spiro atoms. The molecule has 1 fully saturated rings. The summed E-state index contributed by atoms with van der Waals surface area (Å²) in [5.74, 6) is 0.350. The van der Waals surface area contributed by atoms with Crippen LogP contribution >= 0.6 is 0 Å². The minimum absolute atomic E-state index is 0.0253. The standard InChI is InChI=1S/C21H29N5O3S/c1-15(2)13-22-20(27)18-12-17-19(24-14-23-17)21(25-18)8-10-26(11-9-21)30(28,29)16-6-4-3-5-7-16/h3-7,14-15,18,25H,8-13H2,1-2H3,(H,22,27)(H,23,24)/t18-/m0/s1. The summed E-state index contributed by atoms with van der Waals surface area (Å²) in [6.07, 6.45) is 3.33. The van der Waals surface area contributed by atoms with E-state index in [9.17, 15) is 13.2 Å². The van der Waals surface area contributed by atoms with Crippen LogP contribution in [0, 0.1) is 5.92 Å². The Labute approximate surface area is 177 Å². The minimum atomic E-state index is -3.53. The second-order valence-electron chi connectivity index (χ2n) is 8.57. The van der Waals surface area contributed by atoms with E-state index in [0.717, 1.165) is 11.4 Å². The van der Waals surface area contributed by atoms with Gasteiger partial charge in [-0.2, -0.15) is 4.31 Å². The van der Waals surface area contributed by atoms with Crippen LogP contribution in [-0.4, -0.2) is 54.3 Å². The van der Waals surface area contributed by atoms with Crippen molar-refractivity contribution in [3.8, 4) is 0 Å². The highest BCUT2D eigenvalue weighted by molar-refractivity contribution is 7.89. The van der Waals surface area contributed by atoms with Gasteiger partial charge >= 0.3 is 0 Å². The van der Waals surface area contributed by atoms with Crippen LogP contribution in [0.25, 0.3) is 0 Å². The number of hydrogen-bond acceptors (Lipinski definition) is 5. The zero-order valence-corrected chi connectivity index (χ0v) is 18.2. The lowest BCUT2D eigenvalue weighted by Crippen LogP contribution is -2.61. The number of hydrogen-bond donors (Lipinski definition) is 3. The number of nitrogens with zero attached hydrogens (tertiary/aromatic N) is 2. The predicted molar refractivity (Wildman–Crippen MR) is 113 cm³/mol. The molecule has 162 valence electrons. The molecule has 1 aromatic heterocycles. The van der Waals surface area contributed by atoms with Gasteiger partial charge < -0.3 is 10.3 Å². The third-order valence-corrected chi connectivity index (χ3v) is 7.90. The van der Waals surface area contributed by atoms with E-state index in [1.165, 1.54) is 4.31 Å². The maximum atomic E-state index is 13.0. The SMILES string of the molecule is CC(C)CNC(=O)[C@@H]1Cc2[nH]cnc2C2(CCN(S(=O)(=O)c3ccccc3)CC2)N1. The first-order chi connectivity index (χ1) is 14.3. The molecule has 4 rings (SSSR count). The summed E-state index contributed by atoms with van der Waals surface area (Å²) < 4.78 is 27.5. The van der Waals surface area contributed by atoms with E-state index in [1.54, 1.807) is 36.7 Å². The average molecular weight is 432 g/mol. The largest absolute Gasteiger partial charge is 0.354 e. The molecule has 1 aromatic carbocycles. The van der Waals surface area contributed by atoms with Crippen LogP contribution in [0.5, 0.6) is 0 Å². The van der Waals surface area contributed by atoms with Crippen molar-refractivity contribution in [1.29, 1.82) is 0 Å². The van der Waals surface area contributed by atoms with E-state index in [0.29, 0.717) is 49.7 Å². The molecule has 30 heavy (non-hydrogen) atoms. The van der Waals surface area contributed by atoms with Gasteiger partial charge in [0.2, 0.25) is 15.9 Å². The second kappa shape index (κ2) is 8.13. The number of imidazole rings is 1. The van der Waals surface area contributed by atoms with Crippen molar-refractivity contribution in [2.45, 2.75) is 49.6 Å². The Morgan fingerprint density at radius 2 is 1.97 bits per heavy atom. The molecule has 0 saturated carbocycles. The number of carbonyl (C=O) groups excluding carboxylic acids is 1. The molecule has 1 amide bonds. The Balaban J connectivity index is 1.53. The van der Waals surface area contributed by atoms with Crippen LogP contribution in [0.3, 0.4) is 0 Å². The van der Waals surface area contributed by atoms with Crippen LogP contribution in [0.2, 0.25) is 0 Å². The molecule has 1 atom stereocenters. The summed E-state index contributed by atoms with van der Waals surface area (Å²) in [5.41, 5.74) is 1.36. The highest BCUT2D eigenvalue weighted by atomic mass is 32.2. The van der Waals surface area contributed by atoms with Crippen molar-refractivity contribution < 1.29 is 13.2 Å². The van der Waals surface area contributed by atoms with E-state index in [1.807, 2.05) is 0 Å². The number of nitrogens with one attached hydrogen (secondary N) is 3. The van der Waals surface area contributed by atoms with Gasteiger partial charge in [-0.3, -0.25) is 10.1 Å².